The molecule has 0 N–H and O–H groups in total. The SMILES string of the molecule is O=S(=O)(Oc1ccccc1)C(F)F. The summed E-state index contributed by atoms with van der Waals surface area (Å²) >= 11 is 0. The molecule has 0 bridgehead atoms. The van der Waals surface area contributed by atoms with Crippen LogP contribution in [0.1, 0.15) is 0 Å². The van der Waals surface area contributed by atoms with Crippen molar-refractivity contribution in [2.75, 3.05) is 0 Å². The predicted molar refractivity (Wildman–Crippen MR) is 42.0 cm³/mol. The Morgan fingerprint density at radius 1 is 1.15 bits per heavy atom. The molecule has 1 aromatic carbocycles. The van der Waals surface area contributed by atoms with Crippen molar-refractivity contribution in [2.24, 2.45) is 0 Å². The zero-order valence-electron chi connectivity index (χ0n) is 6.35. The number of hydrogen-bond donors (Lipinski definition) is 0. The van der Waals surface area contributed by atoms with Crippen LogP contribution in [-0.2, 0) is 10.1 Å². The van der Waals surface area contributed by atoms with E-state index in [4.69, 9.17) is 0 Å². The van der Waals surface area contributed by atoms with Gasteiger partial charge in [0.15, 0.2) is 0 Å². The average molecular weight is 208 g/mol. The first-order chi connectivity index (χ1) is 6.02. The van der Waals surface area contributed by atoms with Crippen molar-refractivity contribution in [3.05, 3.63) is 30.3 Å². The van der Waals surface area contributed by atoms with Gasteiger partial charge in [-0.15, -0.1) is 0 Å². The third-order valence-corrected chi connectivity index (χ3v) is 2.03. The summed E-state index contributed by atoms with van der Waals surface area (Å²) in [7, 11) is -4.78. The smallest absolute Gasteiger partial charge is 0.372 e. The molecule has 1 rings (SSSR count). The lowest BCUT2D eigenvalue weighted by Gasteiger charge is -2.04. The highest BCUT2D eigenvalue weighted by molar-refractivity contribution is 7.87. The molecule has 0 unspecified atom stereocenters. The molecule has 0 heterocycles. The van der Waals surface area contributed by atoms with Crippen LogP contribution >= 0.6 is 0 Å². The van der Waals surface area contributed by atoms with Crippen LogP contribution in [0.25, 0.3) is 0 Å². The molecule has 72 valence electrons. The summed E-state index contributed by atoms with van der Waals surface area (Å²) in [5.74, 6) is -3.64. The Kier molecular flexibility index (Phi) is 2.82. The quantitative estimate of drug-likeness (QED) is 0.709. The number of hydrogen-bond acceptors (Lipinski definition) is 3. The van der Waals surface area contributed by atoms with Crippen molar-refractivity contribution in [3.8, 4) is 5.75 Å². The zero-order chi connectivity index (χ0) is 9.90. The van der Waals surface area contributed by atoms with Crippen LogP contribution in [0.5, 0.6) is 5.75 Å². The van der Waals surface area contributed by atoms with Gasteiger partial charge in [0, 0.05) is 0 Å². The Balaban J connectivity index is 2.82. The van der Waals surface area contributed by atoms with Gasteiger partial charge in [-0.3, -0.25) is 0 Å². The Bertz CT molecular complexity index is 361. The minimum absolute atomic E-state index is 0.122. The highest BCUT2D eigenvalue weighted by Gasteiger charge is 2.26. The van der Waals surface area contributed by atoms with E-state index in [2.05, 4.69) is 4.18 Å². The van der Waals surface area contributed by atoms with Crippen LogP contribution in [0, 0.1) is 0 Å². The minimum Gasteiger partial charge on any atom is -0.378 e. The molecular weight excluding hydrogens is 202 g/mol. The predicted octanol–water partition coefficient (Wildman–Crippen LogP) is 1.62. The van der Waals surface area contributed by atoms with E-state index in [-0.39, 0.29) is 5.75 Å². The summed E-state index contributed by atoms with van der Waals surface area (Å²) in [6.07, 6.45) is 0. The van der Waals surface area contributed by atoms with Crippen molar-refractivity contribution in [3.63, 3.8) is 0 Å². The molecule has 0 radical (unpaired) electrons. The van der Waals surface area contributed by atoms with E-state index < -0.39 is 15.9 Å². The maximum Gasteiger partial charge on any atom is 0.372 e. The second-order valence-electron chi connectivity index (χ2n) is 2.15. The van der Waals surface area contributed by atoms with Gasteiger partial charge >= 0.3 is 15.9 Å². The van der Waals surface area contributed by atoms with Gasteiger partial charge in [-0.25, -0.2) is 0 Å². The van der Waals surface area contributed by atoms with Gasteiger partial charge in [0.05, 0.1) is 0 Å². The molecule has 0 saturated carbocycles. The largest absolute Gasteiger partial charge is 0.378 e. The van der Waals surface area contributed by atoms with Crippen molar-refractivity contribution in [1.82, 2.24) is 0 Å². The van der Waals surface area contributed by atoms with Crippen LogP contribution in [0.2, 0.25) is 0 Å². The molecule has 0 saturated heterocycles. The first kappa shape index (κ1) is 9.91. The van der Waals surface area contributed by atoms with Crippen LogP contribution in [-0.4, -0.2) is 14.2 Å². The molecule has 0 aliphatic carbocycles. The second-order valence-corrected chi connectivity index (χ2v) is 3.66. The Labute approximate surface area is 74.1 Å². The molecule has 1 aromatic rings. The van der Waals surface area contributed by atoms with Crippen molar-refractivity contribution < 1.29 is 21.4 Å². The van der Waals surface area contributed by atoms with Gasteiger partial charge in [-0.05, 0) is 12.1 Å². The fourth-order valence-electron chi connectivity index (χ4n) is 0.647. The monoisotopic (exact) mass is 208 g/mol. The van der Waals surface area contributed by atoms with E-state index in [0.29, 0.717) is 0 Å². The first-order valence-electron chi connectivity index (χ1n) is 3.29. The van der Waals surface area contributed by atoms with Crippen LogP contribution in [0.3, 0.4) is 0 Å². The van der Waals surface area contributed by atoms with Crippen LogP contribution < -0.4 is 4.18 Å². The lowest BCUT2D eigenvalue weighted by atomic mass is 10.3. The fraction of sp³-hybridized carbons (Fsp3) is 0.143. The lowest BCUT2D eigenvalue weighted by molar-refractivity contribution is 0.219. The minimum atomic E-state index is -4.78. The third kappa shape index (κ3) is 2.66. The van der Waals surface area contributed by atoms with Gasteiger partial charge in [0.25, 0.3) is 0 Å². The number of rotatable bonds is 3. The Morgan fingerprint density at radius 2 is 1.69 bits per heavy atom. The number of alkyl halides is 2. The maximum atomic E-state index is 11.8. The van der Waals surface area contributed by atoms with Crippen molar-refractivity contribution >= 4 is 10.1 Å². The number of para-hydroxylation sites is 1. The maximum absolute atomic E-state index is 11.8. The van der Waals surface area contributed by atoms with Gasteiger partial charge in [0.1, 0.15) is 5.75 Å². The topological polar surface area (TPSA) is 43.4 Å². The first-order valence-corrected chi connectivity index (χ1v) is 4.76. The molecular formula is C7H6F2O3S. The molecule has 6 heteroatoms. The van der Waals surface area contributed by atoms with E-state index in [1.807, 2.05) is 0 Å². The number of benzene rings is 1. The summed E-state index contributed by atoms with van der Waals surface area (Å²) in [5, 5.41) is 0. The fourth-order valence-corrected chi connectivity index (χ4v) is 1.10. The van der Waals surface area contributed by atoms with Crippen molar-refractivity contribution in [2.45, 2.75) is 5.76 Å². The Hall–Kier alpha value is -1.17. The van der Waals surface area contributed by atoms with Gasteiger partial charge < -0.3 is 4.18 Å². The van der Waals surface area contributed by atoms with Crippen LogP contribution in [0.4, 0.5) is 8.78 Å². The molecule has 0 aromatic heterocycles. The summed E-state index contributed by atoms with van der Waals surface area (Å²) in [6.45, 7) is 0. The second kappa shape index (κ2) is 3.69. The average Bonchev–Trinajstić information content (AvgIpc) is 2.05. The van der Waals surface area contributed by atoms with Gasteiger partial charge in [-0.1, -0.05) is 18.2 Å². The molecule has 0 spiro atoms. The molecule has 0 fully saturated rings. The van der Waals surface area contributed by atoms with E-state index >= 15 is 0 Å². The van der Waals surface area contributed by atoms with E-state index in [0.717, 1.165) is 0 Å². The van der Waals surface area contributed by atoms with Crippen molar-refractivity contribution in [1.29, 1.82) is 0 Å². The summed E-state index contributed by atoms with van der Waals surface area (Å²) in [6, 6.07) is 7.13. The molecule has 0 aliphatic rings. The zero-order valence-corrected chi connectivity index (χ0v) is 7.17. The van der Waals surface area contributed by atoms with Crippen LogP contribution in [0.15, 0.2) is 30.3 Å². The Morgan fingerprint density at radius 3 is 2.15 bits per heavy atom. The van der Waals surface area contributed by atoms with E-state index in [1.54, 1.807) is 6.07 Å². The molecule has 0 aliphatic heterocycles. The van der Waals surface area contributed by atoms with Gasteiger partial charge in [-0.2, -0.15) is 17.2 Å². The standard InChI is InChI=1S/C7H6F2O3S/c8-7(9)13(10,11)12-6-4-2-1-3-5-6/h1-5,7H. The highest BCUT2D eigenvalue weighted by Crippen LogP contribution is 2.15. The third-order valence-electron chi connectivity index (χ3n) is 1.17. The summed E-state index contributed by atoms with van der Waals surface area (Å²) in [4.78, 5) is 0. The summed E-state index contributed by atoms with van der Waals surface area (Å²) < 4.78 is 48.7. The van der Waals surface area contributed by atoms with E-state index in [9.17, 15) is 17.2 Å². The molecule has 13 heavy (non-hydrogen) atoms. The molecule has 0 atom stereocenters. The van der Waals surface area contributed by atoms with Gasteiger partial charge in [0.2, 0.25) is 0 Å². The summed E-state index contributed by atoms with van der Waals surface area (Å²) in [5.41, 5.74) is 0. The van der Waals surface area contributed by atoms with E-state index in [1.165, 1.54) is 24.3 Å². The number of halogens is 2. The molecule has 0 amide bonds. The highest BCUT2D eigenvalue weighted by atomic mass is 32.2. The lowest BCUT2D eigenvalue weighted by Crippen LogP contribution is -2.17. The molecule has 3 nitrogen and oxygen atoms in total. The normalized spacial score (nSPS) is 11.6.